The van der Waals surface area contributed by atoms with E-state index in [0.29, 0.717) is 34.2 Å². The number of hydrogen-bond acceptors (Lipinski definition) is 6. The van der Waals surface area contributed by atoms with Crippen LogP contribution in [0.2, 0.25) is 0 Å². The number of aromatic nitrogens is 3. The van der Waals surface area contributed by atoms with Crippen LogP contribution in [0.15, 0.2) is 75.4 Å². The van der Waals surface area contributed by atoms with Gasteiger partial charge >= 0.3 is 0 Å². The molecule has 0 aliphatic carbocycles. The summed E-state index contributed by atoms with van der Waals surface area (Å²) in [6, 6.07) is 14.4. The first-order valence-electron chi connectivity index (χ1n) is 9.44. The molecule has 3 heterocycles. The third-order valence-corrected chi connectivity index (χ3v) is 5.59. The molecule has 0 aliphatic heterocycles. The van der Waals surface area contributed by atoms with Crippen LogP contribution in [0.4, 0.5) is 0 Å². The van der Waals surface area contributed by atoms with Crippen LogP contribution >= 0.6 is 11.8 Å². The van der Waals surface area contributed by atoms with Crippen molar-refractivity contribution in [3.8, 4) is 5.82 Å². The fraction of sp³-hybridized carbons (Fsp3) is 0.182. The van der Waals surface area contributed by atoms with Gasteiger partial charge in [0, 0.05) is 6.20 Å². The van der Waals surface area contributed by atoms with Gasteiger partial charge in [-0.2, -0.15) is 0 Å². The Morgan fingerprint density at radius 2 is 2.03 bits per heavy atom. The first-order chi connectivity index (χ1) is 14.5. The molecule has 1 unspecified atom stereocenters. The molecule has 0 bridgehead atoms. The molecule has 4 aromatic rings. The van der Waals surface area contributed by atoms with E-state index in [1.54, 1.807) is 55.8 Å². The van der Waals surface area contributed by atoms with Gasteiger partial charge in [0.05, 0.1) is 29.0 Å². The standard InChI is InChI=1S/C22H20N4O3S/c1-14-9-10-19(23-12-14)26-21(28)17-7-3-4-8-18(17)25-22(26)30-15(2)20(27)24-13-16-6-5-11-29-16/h3-12,15H,13H2,1-2H3,(H,24,27). The lowest BCUT2D eigenvalue weighted by molar-refractivity contribution is -0.120. The van der Waals surface area contributed by atoms with E-state index in [4.69, 9.17) is 4.42 Å². The van der Waals surface area contributed by atoms with Crippen LogP contribution in [0.3, 0.4) is 0 Å². The minimum absolute atomic E-state index is 0.178. The average molecular weight is 420 g/mol. The van der Waals surface area contributed by atoms with Gasteiger partial charge < -0.3 is 9.73 Å². The number of carbonyl (C=O) groups excluding carboxylic acids is 1. The Balaban J connectivity index is 1.68. The third-order valence-electron chi connectivity index (χ3n) is 4.54. The number of amides is 1. The maximum atomic E-state index is 13.2. The average Bonchev–Trinajstić information content (AvgIpc) is 3.27. The summed E-state index contributed by atoms with van der Waals surface area (Å²) in [6.07, 6.45) is 3.26. The number of pyridine rings is 1. The van der Waals surface area contributed by atoms with Gasteiger partial charge in [-0.3, -0.25) is 9.59 Å². The quantitative estimate of drug-likeness (QED) is 0.379. The highest BCUT2D eigenvalue weighted by Crippen LogP contribution is 2.24. The SMILES string of the molecule is Cc1ccc(-n2c(SC(C)C(=O)NCc3ccco3)nc3ccccc3c2=O)nc1. The molecule has 1 N–H and O–H groups in total. The molecule has 1 amide bonds. The second-order valence-corrected chi connectivity index (χ2v) is 8.11. The van der Waals surface area contributed by atoms with Crippen LogP contribution in [-0.2, 0) is 11.3 Å². The van der Waals surface area contributed by atoms with Crippen molar-refractivity contribution < 1.29 is 9.21 Å². The van der Waals surface area contributed by atoms with Crippen LogP contribution in [0, 0.1) is 6.92 Å². The van der Waals surface area contributed by atoms with E-state index in [1.807, 2.05) is 19.1 Å². The predicted octanol–water partition coefficient (Wildman–Crippen LogP) is 3.48. The molecule has 8 heteroatoms. The predicted molar refractivity (Wildman–Crippen MR) is 116 cm³/mol. The van der Waals surface area contributed by atoms with Crippen LogP contribution in [0.25, 0.3) is 16.7 Å². The van der Waals surface area contributed by atoms with Gasteiger partial charge in [-0.25, -0.2) is 14.5 Å². The smallest absolute Gasteiger partial charge is 0.267 e. The Kier molecular flexibility index (Phi) is 5.67. The number of nitrogens with zero attached hydrogens (tertiary/aromatic N) is 3. The van der Waals surface area contributed by atoms with Crippen LogP contribution in [-0.4, -0.2) is 25.7 Å². The van der Waals surface area contributed by atoms with E-state index in [9.17, 15) is 9.59 Å². The number of nitrogens with one attached hydrogen (secondary N) is 1. The Morgan fingerprint density at radius 3 is 2.77 bits per heavy atom. The van der Waals surface area contributed by atoms with E-state index >= 15 is 0 Å². The van der Waals surface area contributed by atoms with Crippen LogP contribution in [0.5, 0.6) is 0 Å². The highest BCUT2D eigenvalue weighted by Gasteiger charge is 2.20. The summed E-state index contributed by atoms with van der Waals surface area (Å²) in [7, 11) is 0. The molecule has 0 radical (unpaired) electrons. The largest absolute Gasteiger partial charge is 0.467 e. The molecule has 1 atom stereocenters. The number of aryl methyl sites for hydroxylation is 1. The fourth-order valence-electron chi connectivity index (χ4n) is 2.93. The third kappa shape index (κ3) is 4.13. The molecule has 30 heavy (non-hydrogen) atoms. The zero-order valence-corrected chi connectivity index (χ0v) is 17.3. The highest BCUT2D eigenvalue weighted by molar-refractivity contribution is 8.00. The van der Waals surface area contributed by atoms with E-state index in [-0.39, 0.29) is 11.5 Å². The van der Waals surface area contributed by atoms with E-state index < -0.39 is 5.25 Å². The van der Waals surface area contributed by atoms with Gasteiger partial charge in [0.25, 0.3) is 5.56 Å². The van der Waals surface area contributed by atoms with Crippen molar-refractivity contribution in [2.75, 3.05) is 0 Å². The molecular formula is C22H20N4O3S. The van der Waals surface area contributed by atoms with E-state index in [2.05, 4.69) is 15.3 Å². The van der Waals surface area contributed by atoms with Gasteiger partial charge in [-0.15, -0.1) is 0 Å². The number of carbonyl (C=O) groups is 1. The summed E-state index contributed by atoms with van der Waals surface area (Å²) in [6.45, 7) is 4.00. The summed E-state index contributed by atoms with van der Waals surface area (Å²) >= 11 is 1.21. The maximum absolute atomic E-state index is 13.2. The molecule has 1 aromatic carbocycles. The molecule has 0 saturated carbocycles. The number of benzene rings is 1. The Bertz CT molecular complexity index is 1230. The first kappa shape index (κ1) is 19.9. The molecule has 0 fully saturated rings. The van der Waals surface area contributed by atoms with E-state index in [1.165, 1.54) is 16.3 Å². The Morgan fingerprint density at radius 1 is 1.20 bits per heavy atom. The normalized spacial score (nSPS) is 12.1. The summed E-state index contributed by atoms with van der Waals surface area (Å²) in [4.78, 5) is 34.9. The van der Waals surface area contributed by atoms with Crippen molar-refractivity contribution in [1.29, 1.82) is 0 Å². The van der Waals surface area contributed by atoms with Crippen molar-refractivity contribution >= 4 is 28.6 Å². The number of thioether (sulfide) groups is 1. The van der Waals surface area contributed by atoms with E-state index in [0.717, 1.165) is 5.56 Å². The Labute approximate surface area is 177 Å². The monoisotopic (exact) mass is 420 g/mol. The zero-order valence-electron chi connectivity index (χ0n) is 16.5. The lowest BCUT2D eigenvalue weighted by Crippen LogP contribution is -2.31. The fourth-order valence-corrected chi connectivity index (χ4v) is 3.87. The van der Waals surface area contributed by atoms with Crippen molar-refractivity contribution in [2.24, 2.45) is 0 Å². The van der Waals surface area contributed by atoms with Crippen molar-refractivity contribution in [3.63, 3.8) is 0 Å². The highest BCUT2D eigenvalue weighted by atomic mass is 32.2. The molecule has 0 saturated heterocycles. The van der Waals surface area contributed by atoms with Crippen LogP contribution in [0.1, 0.15) is 18.2 Å². The number of hydrogen-bond donors (Lipinski definition) is 1. The van der Waals surface area contributed by atoms with Crippen molar-refractivity contribution in [3.05, 3.63) is 82.7 Å². The topological polar surface area (TPSA) is 90.0 Å². The lowest BCUT2D eigenvalue weighted by Gasteiger charge is -2.16. The minimum atomic E-state index is -0.482. The molecule has 3 aromatic heterocycles. The van der Waals surface area contributed by atoms with Gasteiger partial charge in [-0.1, -0.05) is 30.0 Å². The second-order valence-electron chi connectivity index (χ2n) is 6.80. The number of para-hydroxylation sites is 1. The lowest BCUT2D eigenvalue weighted by atomic mass is 10.2. The summed E-state index contributed by atoms with van der Waals surface area (Å²) in [5.41, 5.74) is 1.35. The molecular weight excluding hydrogens is 400 g/mol. The number of fused-ring (bicyclic) bond motifs is 1. The number of rotatable bonds is 6. The van der Waals surface area contributed by atoms with Crippen molar-refractivity contribution in [1.82, 2.24) is 19.9 Å². The summed E-state index contributed by atoms with van der Waals surface area (Å²) in [5.74, 6) is 0.960. The second kappa shape index (κ2) is 8.54. The van der Waals surface area contributed by atoms with Gasteiger partial charge in [0.1, 0.15) is 11.6 Å². The van der Waals surface area contributed by atoms with Crippen LogP contribution < -0.4 is 10.9 Å². The maximum Gasteiger partial charge on any atom is 0.267 e. The summed E-state index contributed by atoms with van der Waals surface area (Å²) in [5, 5.41) is 3.27. The van der Waals surface area contributed by atoms with Gasteiger partial charge in [-0.05, 0) is 49.7 Å². The Hall–Kier alpha value is -3.39. The van der Waals surface area contributed by atoms with Crippen molar-refractivity contribution in [2.45, 2.75) is 30.8 Å². The molecule has 0 aliphatic rings. The molecule has 7 nitrogen and oxygen atoms in total. The minimum Gasteiger partial charge on any atom is -0.467 e. The molecule has 0 spiro atoms. The molecule has 152 valence electrons. The van der Waals surface area contributed by atoms with Gasteiger partial charge in [0.2, 0.25) is 5.91 Å². The first-order valence-corrected chi connectivity index (χ1v) is 10.3. The summed E-state index contributed by atoms with van der Waals surface area (Å²) < 4.78 is 6.71. The number of furan rings is 1. The van der Waals surface area contributed by atoms with Gasteiger partial charge in [0.15, 0.2) is 5.16 Å². The molecule has 4 rings (SSSR count). The zero-order chi connectivity index (χ0) is 21.1.